The molecule has 0 bridgehead atoms. The fraction of sp³-hybridized carbons (Fsp3) is 0.308. The lowest BCUT2D eigenvalue weighted by Gasteiger charge is -2.08. The van der Waals surface area contributed by atoms with Crippen molar-refractivity contribution in [1.29, 1.82) is 0 Å². The molecule has 5 nitrogen and oxygen atoms in total. The molecule has 18 heavy (non-hydrogen) atoms. The molecule has 0 heterocycles. The van der Waals surface area contributed by atoms with Gasteiger partial charge in [-0.2, -0.15) is 0 Å². The number of aryl methyl sites for hydroxylation is 1. The third kappa shape index (κ3) is 3.41. The van der Waals surface area contributed by atoms with Gasteiger partial charge in [-0.15, -0.1) is 0 Å². The van der Waals surface area contributed by atoms with E-state index in [1.165, 1.54) is 6.92 Å². The third-order valence-corrected chi connectivity index (χ3v) is 2.31. The lowest BCUT2D eigenvalue weighted by Crippen LogP contribution is -2.20. The van der Waals surface area contributed by atoms with Gasteiger partial charge in [0.2, 0.25) is 5.78 Å². The van der Waals surface area contributed by atoms with E-state index in [0.29, 0.717) is 23.4 Å². The molecular formula is C13H15NO4. The van der Waals surface area contributed by atoms with E-state index in [-0.39, 0.29) is 0 Å². The number of carbonyl (C=O) groups is 3. The number of Topliss-reactive ketones (excluding diaryl/α,β-unsaturated/α-hetero) is 1. The molecule has 0 saturated carbocycles. The molecule has 96 valence electrons. The van der Waals surface area contributed by atoms with Gasteiger partial charge in [0, 0.05) is 12.6 Å². The number of hydrogen-bond donors (Lipinski definition) is 1. The van der Waals surface area contributed by atoms with E-state index in [2.05, 4.69) is 5.32 Å². The second kappa shape index (κ2) is 5.95. The average molecular weight is 249 g/mol. The lowest BCUT2D eigenvalue weighted by atomic mass is 10.1. The van der Waals surface area contributed by atoms with Crippen LogP contribution in [-0.2, 0) is 14.3 Å². The number of hydrogen-bond acceptors (Lipinski definition) is 4. The number of rotatable bonds is 4. The summed E-state index contributed by atoms with van der Waals surface area (Å²) in [6.07, 6.45) is 0. The molecule has 0 atom stereocenters. The molecule has 0 aliphatic heterocycles. The van der Waals surface area contributed by atoms with Crippen LogP contribution in [-0.4, -0.2) is 24.3 Å². The van der Waals surface area contributed by atoms with E-state index in [0.717, 1.165) is 0 Å². The molecule has 1 N–H and O–H groups in total. The van der Waals surface area contributed by atoms with Gasteiger partial charge in [0.05, 0.1) is 12.2 Å². The summed E-state index contributed by atoms with van der Waals surface area (Å²) in [5.74, 6) is -1.66. The summed E-state index contributed by atoms with van der Waals surface area (Å²) >= 11 is 0. The number of anilines is 1. The van der Waals surface area contributed by atoms with Crippen LogP contribution in [0.25, 0.3) is 0 Å². The Balaban J connectivity index is 2.89. The first-order valence-electron chi connectivity index (χ1n) is 5.55. The van der Waals surface area contributed by atoms with Gasteiger partial charge in [0.25, 0.3) is 5.91 Å². The minimum absolute atomic E-state index is 0.306. The molecule has 1 aromatic carbocycles. The van der Waals surface area contributed by atoms with Crippen molar-refractivity contribution >= 4 is 23.3 Å². The summed E-state index contributed by atoms with van der Waals surface area (Å²) in [5.41, 5.74) is 1.61. The second-order valence-electron chi connectivity index (χ2n) is 3.76. The van der Waals surface area contributed by atoms with Crippen LogP contribution >= 0.6 is 0 Å². The highest BCUT2D eigenvalue weighted by molar-refractivity contribution is 6.39. The molecule has 0 spiro atoms. The number of benzene rings is 1. The number of ether oxygens (including phenoxy) is 1. The van der Waals surface area contributed by atoms with Gasteiger partial charge in [0.1, 0.15) is 0 Å². The molecule has 1 amide bonds. The Kier molecular flexibility index (Phi) is 4.59. The Labute approximate surface area is 105 Å². The zero-order valence-corrected chi connectivity index (χ0v) is 10.6. The Morgan fingerprint density at radius 2 is 1.94 bits per heavy atom. The highest BCUT2D eigenvalue weighted by Crippen LogP contribution is 2.17. The van der Waals surface area contributed by atoms with Gasteiger partial charge in [-0.25, -0.2) is 4.79 Å². The molecule has 1 aromatic rings. The van der Waals surface area contributed by atoms with Gasteiger partial charge in [0.15, 0.2) is 0 Å². The average Bonchev–Trinajstić information content (AvgIpc) is 2.31. The minimum atomic E-state index is -0.679. The Morgan fingerprint density at radius 3 is 2.44 bits per heavy atom. The maximum atomic E-state index is 11.5. The fourth-order valence-electron chi connectivity index (χ4n) is 1.36. The first kappa shape index (κ1) is 13.9. The van der Waals surface area contributed by atoms with Crippen LogP contribution in [0, 0.1) is 6.92 Å². The van der Waals surface area contributed by atoms with Crippen molar-refractivity contribution in [2.24, 2.45) is 0 Å². The Bertz CT molecular complexity index is 494. The van der Waals surface area contributed by atoms with E-state index < -0.39 is 17.7 Å². The molecule has 0 fully saturated rings. The zero-order chi connectivity index (χ0) is 13.7. The molecule has 0 aliphatic carbocycles. The van der Waals surface area contributed by atoms with Crippen molar-refractivity contribution in [2.75, 3.05) is 11.9 Å². The standard InChI is InChI=1S/C13H15NO4/c1-4-18-13(17)10-5-6-11(8(2)7-10)14-12(16)9(3)15/h5-7H,4H2,1-3H3,(H,14,16). The van der Waals surface area contributed by atoms with Crippen LogP contribution in [0.5, 0.6) is 0 Å². The number of ketones is 1. The maximum absolute atomic E-state index is 11.5. The summed E-state index contributed by atoms with van der Waals surface area (Å²) in [6, 6.07) is 4.72. The smallest absolute Gasteiger partial charge is 0.338 e. The SMILES string of the molecule is CCOC(=O)c1ccc(NC(=O)C(C)=O)c(C)c1. The molecule has 1 rings (SSSR count). The molecule has 0 radical (unpaired) electrons. The summed E-state index contributed by atoms with van der Waals surface area (Å²) < 4.78 is 4.86. The van der Waals surface area contributed by atoms with E-state index >= 15 is 0 Å². The number of esters is 1. The maximum Gasteiger partial charge on any atom is 0.338 e. The monoisotopic (exact) mass is 249 g/mol. The quantitative estimate of drug-likeness (QED) is 0.651. The predicted molar refractivity (Wildman–Crippen MR) is 66.4 cm³/mol. The highest BCUT2D eigenvalue weighted by Gasteiger charge is 2.12. The van der Waals surface area contributed by atoms with Gasteiger partial charge in [-0.3, -0.25) is 9.59 Å². The van der Waals surface area contributed by atoms with Crippen LogP contribution in [0.1, 0.15) is 29.8 Å². The van der Waals surface area contributed by atoms with E-state index in [1.807, 2.05) is 0 Å². The lowest BCUT2D eigenvalue weighted by molar-refractivity contribution is -0.133. The van der Waals surface area contributed by atoms with E-state index in [4.69, 9.17) is 4.74 Å². The van der Waals surface area contributed by atoms with Crippen LogP contribution in [0.3, 0.4) is 0 Å². The van der Waals surface area contributed by atoms with E-state index in [9.17, 15) is 14.4 Å². The summed E-state index contributed by atoms with van der Waals surface area (Å²) in [4.78, 5) is 33.5. The Hall–Kier alpha value is -2.17. The molecule has 0 unspecified atom stereocenters. The van der Waals surface area contributed by atoms with E-state index in [1.54, 1.807) is 32.0 Å². The number of carbonyl (C=O) groups excluding carboxylic acids is 3. The summed E-state index contributed by atoms with van der Waals surface area (Å²) in [6.45, 7) is 4.96. The van der Waals surface area contributed by atoms with Crippen LogP contribution in [0.2, 0.25) is 0 Å². The van der Waals surface area contributed by atoms with Crippen LogP contribution in [0.4, 0.5) is 5.69 Å². The van der Waals surface area contributed by atoms with Crippen molar-refractivity contribution in [3.63, 3.8) is 0 Å². The van der Waals surface area contributed by atoms with Crippen molar-refractivity contribution in [1.82, 2.24) is 0 Å². The van der Waals surface area contributed by atoms with Gasteiger partial charge in [-0.05, 0) is 37.6 Å². The first-order valence-corrected chi connectivity index (χ1v) is 5.55. The van der Waals surface area contributed by atoms with Crippen molar-refractivity contribution in [2.45, 2.75) is 20.8 Å². The largest absolute Gasteiger partial charge is 0.462 e. The van der Waals surface area contributed by atoms with Crippen LogP contribution in [0.15, 0.2) is 18.2 Å². The van der Waals surface area contributed by atoms with Gasteiger partial charge >= 0.3 is 5.97 Å². The number of amides is 1. The number of nitrogens with one attached hydrogen (secondary N) is 1. The molecule has 5 heteroatoms. The van der Waals surface area contributed by atoms with Crippen molar-refractivity contribution in [3.05, 3.63) is 29.3 Å². The van der Waals surface area contributed by atoms with Crippen molar-refractivity contribution in [3.8, 4) is 0 Å². The van der Waals surface area contributed by atoms with Crippen LogP contribution < -0.4 is 5.32 Å². The van der Waals surface area contributed by atoms with Gasteiger partial charge in [-0.1, -0.05) is 0 Å². The molecule has 0 aliphatic rings. The third-order valence-electron chi connectivity index (χ3n) is 2.31. The predicted octanol–water partition coefficient (Wildman–Crippen LogP) is 1.70. The fourth-order valence-corrected chi connectivity index (χ4v) is 1.36. The minimum Gasteiger partial charge on any atom is -0.462 e. The first-order chi connectivity index (χ1) is 8.45. The molecule has 0 aromatic heterocycles. The summed E-state index contributed by atoms with van der Waals surface area (Å²) in [7, 11) is 0. The molecule has 0 saturated heterocycles. The normalized spacial score (nSPS) is 9.72. The van der Waals surface area contributed by atoms with Gasteiger partial charge < -0.3 is 10.1 Å². The molecular weight excluding hydrogens is 234 g/mol. The van der Waals surface area contributed by atoms with Crippen molar-refractivity contribution < 1.29 is 19.1 Å². The topological polar surface area (TPSA) is 72.5 Å². The summed E-state index contributed by atoms with van der Waals surface area (Å²) in [5, 5.41) is 2.47. The zero-order valence-electron chi connectivity index (χ0n) is 10.6. The Morgan fingerprint density at radius 1 is 1.28 bits per heavy atom. The highest BCUT2D eigenvalue weighted by atomic mass is 16.5. The second-order valence-corrected chi connectivity index (χ2v) is 3.76.